The van der Waals surface area contributed by atoms with E-state index in [0.29, 0.717) is 66.9 Å². The third-order valence-electron chi connectivity index (χ3n) is 8.11. The number of benzene rings is 4. The number of nitrogens with one attached hydrogen (secondary N) is 2. The van der Waals surface area contributed by atoms with Crippen molar-refractivity contribution in [2.75, 3.05) is 61.5 Å². The van der Waals surface area contributed by atoms with Gasteiger partial charge in [-0.3, -0.25) is 10.6 Å². The van der Waals surface area contributed by atoms with Gasteiger partial charge in [0.2, 0.25) is 0 Å². The van der Waals surface area contributed by atoms with E-state index in [-0.39, 0.29) is 17.7 Å². The van der Waals surface area contributed by atoms with Gasteiger partial charge in [-0.25, -0.2) is 29.5 Å². The highest BCUT2D eigenvalue weighted by Gasteiger charge is 2.24. The maximum absolute atomic E-state index is 12.9. The molecule has 14 heteroatoms. The number of aromatic nitrogens is 4. The van der Waals surface area contributed by atoms with Crippen LogP contribution in [0.4, 0.5) is 26.9 Å². The first-order valence-corrected chi connectivity index (χ1v) is 17.8. The molecule has 0 atom stereocenters. The zero-order chi connectivity index (χ0) is 37.7. The van der Waals surface area contributed by atoms with Gasteiger partial charge in [-0.1, -0.05) is 54.6 Å². The molecule has 0 bridgehead atoms. The van der Waals surface area contributed by atoms with Crippen LogP contribution in [0.3, 0.4) is 0 Å². The molecule has 14 nitrogen and oxygen atoms in total. The van der Waals surface area contributed by atoms with Crippen LogP contribution in [0.2, 0.25) is 0 Å². The fourth-order valence-electron chi connectivity index (χ4n) is 5.65. The molecule has 0 radical (unpaired) electrons. The van der Waals surface area contributed by atoms with E-state index in [1.807, 2.05) is 93.6 Å². The van der Waals surface area contributed by atoms with Gasteiger partial charge < -0.3 is 28.7 Å². The van der Waals surface area contributed by atoms with Crippen LogP contribution in [-0.2, 0) is 0 Å². The van der Waals surface area contributed by atoms with Crippen LogP contribution in [0.15, 0.2) is 103 Å². The van der Waals surface area contributed by atoms with Crippen molar-refractivity contribution < 1.29 is 28.5 Å². The molecule has 1 fully saturated rings. The Morgan fingerprint density at radius 1 is 0.574 bits per heavy atom. The quantitative estimate of drug-likeness (QED) is 0.145. The molecule has 0 unspecified atom stereocenters. The molecule has 3 heterocycles. The van der Waals surface area contributed by atoms with Crippen molar-refractivity contribution in [2.45, 2.75) is 20.8 Å². The third-order valence-corrected chi connectivity index (χ3v) is 8.11. The zero-order valence-corrected chi connectivity index (χ0v) is 30.4. The fourth-order valence-corrected chi connectivity index (χ4v) is 5.65. The molecule has 3 amide bonds. The van der Waals surface area contributed by atoms with E-state index in [1.165, 1.54) is 0 Å². The number of hydrogen-bond donors (Lipinski definition) is 2. The lowest BCUT2D eigenvalue weighted by atomic mass is 10.2. The number of ether oxygens (including phenoxy) is 4. The summed E-state index contributed by atoms with van der Waals surface area (Å²) in [6.45, 7) is 9.79. The Kier molecular flexibility index (Phi) is 12.5. The second-order valence-electron chi connectivity index (χ2n) is 11.7. The van der Waals surface area contributed by atoms with Crippen LogP contribution in [0, 0.1) is 0 Å². The van der Waals surface area contributed by atoms with E-state index in [9.17, 15) is 9.59 Å². The largest absolute Gasteiger partial charge is 0.492 e. The molecule has 1 aliphatic rings. The van der Waals surface area contributed by atoms with Crippen molar-refractivity contribution in [3.8, 4) is 23.3 Å². The maximum atomic E-state index is 12.9. The van der Waals surface area contributed by atoms with E-state index in [2.05, 4.69) is 41.5 Å². The van der Waals surface area contributed by atoms with Crippen LogP contribution in [0.5, 0.6) is 23.3 Å². The van der Waals surface area contributed by atoms with Crippen LogP contribution in [0.25, 0.3) is 22.1 Å². The predicted octanol–water partition coefficient (Wildman–Crippen LogP) is 7.42. The number of piperazine rings is 1. The number of amides is 3. The molecule has 1 saturated heterocycles. The number of para-hydroxylation sites is 7. The number of hydrogen-bond acceptors (Lipinski definition) is 11. The molecule has 4 aromatic carbocycles. The van der Waals surface area contributed by atoms with Crippen LogP contribution < -0.4 is 34.5 Å². The average Bonchev–Trinajstić information content (AvgIpc) is 3.19. The number of nitrogens with zero attached hydrogens (tertiary/aromatic N) is 6. The fraction of sp³-hybridized carbons (Fsp3) is 0.250. The average molecular weight is 731 g/mol. The third kappa shape index (κ3) is 9.39. The van der Waals surface area contributed by atoms with E-state index < -0.39 is 6.09 Å². The normalized spacial score (nSPS) is 12.4. The number of anilines is 3. The minimum absolute atomic E-state index is 0.205. The summed E-state index contributed by atoms with van der Waals surface area (Å²) in [4.78, 5) is 46.8. The van der Waals surface area contributed by atoms with Crippen LogP contribution >= 0.6 is 0 Å². The summed E-state index contributed by atoms with van der Waals surface area (Å²) < 4.78 is 22.0. The molecule has 0 spiro atoms. The van der Waals surface area contributed by atoms with Gasteiger partial charge >= 0.3 is 12.1 Å². The second-order valence-corrected chi connectivity index (χ2v) is 11.7. The van der Waals surface area contributed by atoms with Gasteiger partial charge in [0.05, 0.1) is 47.6 Å². The lowest BCUT2D eigenvalue weighted by Crippen LogP contribution is -2.50. The van der Waals surface area contributed by atoms with E-state index >= 15 is 0 Å². The molecular weight excluding hydrogens is 688 g/mol. The SMILES string of the molecule is CCOc1ccccc1N1CCN(C(=O)Nc2nc3ccccc3nc2OCC)CC1.CCOc1nc2ccccc2nc1NC(=O)Oc1ccccc1. The van der Waals surface area contributed by atoms with Gasteiger partial charge in [0, 0.05) is 26.2 Å². The molecule has 0 aliphatic carbocycles. The number of rotatable bonds is 10. The molecule has 278 valence electrons. The summed E-state index contributed by atoms with van der Waals surface area (Å²) in [5.41, 5.74) is 3.84. The Labute approximate surface area is 313 Å². The Balaban J connectivity index is 0.000000193. The Hall–Kier alpha value is -6.70. The van der Waals surface area contributed by atoms with Crippen molar-refractivity contribution >= 4 is 51.5 Å². The van der Waals surface area contributed by atoms with Gasteiger partial charge in [0.1, 0.15) is 11.5 Å². The van der Waals surface area contributed by atoms with Crippen LogP contribution in [0.1, 0.15) is 20.8 Å². The molecule has 0 saturated carbocycles. The summed E-state index contributed by atoms with van der Waals surface area (Å²) in [5.74, 6) is 2.48. The van der Waals surface area contributed by atoms with Crippen molar-refractivity contribution in [1.82, 2.24) is 24.8 Å². The highest BCUT2D eigenvalue weighted by molar-refractivity contribution is 5.91. The minimum Gasteiger partial charge on any atom is -0.492 e. The summed E-state index contributed by atoms with van der Waals surface area (Å²) in [5, 5.41) is 5.46. The molecule has 6 aromatic rings. The van der Waals surface area contributed by atoms with E-state index in [0.717, 1.165) is 30.0 Å². The van der Waals surface area contributed by atoms with Crippen molar-refractivity contribution in [3.05, 3.63) is 103 Å². The minimum atomic E-state index is -0.651. The summed E-state index contributed by atoms with van der Waals surface area (Å²) in [6, 6.07) is 31.5. The van der Waals surface area contributed by atoms with Crippen LogP contribution in [-0.4, -0.2) is 83.0 Å². The first-order valence-electron chi connectivity index (χ1n) is 17.8. The Bertz CT molecular complexity index is 2180. The number of carbonyl (C=O) groups excluding carboxylic acids is 2. The van der Waals surface area contributed by atoms with Gasteiger partial charge in [0.25, 0.3) is 11.8 Å². The van der Waals surface area contributed by atoms with Gasteiger partial charge in [0.15, 0.2) is 11.6 Å². The highest BCUT2D eigenvalue weighted by atomic mass is 16.6. The molecule has 7 rings (SSSR count). The summed E-state index contributed by atoms with van der Waals surface area (Å²) in [7, 11) is 0. The van der Waals surface area contributed by atoms with Crippen molar-refractivity contribution in [2.24, 2.45) is 0 Å². The number of fused-ring (bicyclic) bond motifs is 2. The smallest absolute Gasteiger partial charge is 0.418 e. The monoisotopic (exact) mass is 730 g/mol. The summed E-state index contributed by atoms with van der Waals surface area (Å²) >= 11 is 0. The molecular formula is C40H42N8O6. The number of carbonyl (C=O) groups is 2. The van der Waals surface area contributed by atoms with Crippen molar-refractivity contribution in [3.63, 3.8) is 0 Å². The Morgan fingerprint density at radius 2 is 1.06 bits per heavy atom. The molecule has 1 aliphatic heterocycles. The maximum Gasteiger partial charge on any atom is 0.418 e. The summed E-state index contributed by atoms with van der Waals surface area (Å²) in [6.07, 6.45) is -0.651. The molecule has 54 heavy (non-hydrogen) atoms. The van der Waals surface area contributed by atoms with Gasteiger partial charge in [-0.15, -0.1) is 0 Å². The lowest BCUT2D eigenvalue weighted by Gasteiger charge is -2.36. The van der Waals surface area contributed by atoms with E-state index in [4.69, 9.17) is 18.9 Å². The standard InChI is InChI=1S/C23H27N5O3.C17H15N3O3/c1-3-30-20-12-8-7-11-19(20)27-13-15-28(16-14-27)23(29)26-21-22(31-4-2)25-18-10-6-5-9-17(18)24-21;1-2-22-16-15(18-13-10-6-7-11-14(13)19-16)20-17(21)23-12-8-4-3-5-9-12/h5-12H,3-4,13-16H2,1-2H3,(H,24,26,29);3-11H,2H2,1H3,(H,18,20,21). The van der Waals surface area contributed by atoms with E-state index in [1.54, 1.807) is 29.2 Å². The first kappa shape index (κ1) is 37.1. The second kappa shape index (κ2) is 18.2. The topological polar surface area (TPSA) is 153 Å². The lowest BCUT2D eigenvalue weighted by molar-refractivity contribution is 0.207. The van der Waals surface area contributed by atoms with Gasteiger partial charge in [-0.05, 0) is 69.3 Å². The van der Waals surface area contributed by atoms with Gasteiger partial charge in [-0.2, -0.15) is 0 Å². The van der Waals surface area contributed by atoms with Crippen molar-refractivity contribution in [1.29, 1.82) is 0 Å². The predicted molar refractivity (Wildman–Crippen MR) is 208 cm³/mol. The Morgan fingerprint density at radius 3 is 1.61 bits per heavy atom. The highest BCUT2D eigenvalue weighted by Crippen LogP contribution is 2.30. The molecule has 2 N–H and O–H groups in total. The first-order chi connectivity index (χ1) is 26.4. The molecule has 2 aromatic heterocycles. The number of urea groups is 1. The zero-order valence-electron chi connectivity index (χ0n) is 30.4.